The van der Waals surface area contributed by atoms with Crippen LogP contribution in [0.5, 0.6) is 0 Å². The van der Waals surface area contributed by atoms with Gasteiger partial charge in [-0.1, -0.05) is 11.6 Å². The van der Waals surface area contributed by atoms with Gasteiger partial charge < -0.3 is 5.73 Å². The zero-order chi connectivity index (χ0) is 11.6. The van der Waals surface area contributed by atoms with Crippen LogP contribution in [0.1, 0.15) is 0 Å². The molecular weight excluding hydrogens is 300 g/mol. The van der Waals surface area contributed by atoms with Gasteiger partial charge in [0.05, 0.1) is 6.20 Å². The smallest absolute Gasteiger partial charge is 0.380 e. The summed E-state index contributed by atoms with van der Waals surface area (Å²) in [6.45, 7) is 0. The number of rotatable bonds is 1. The number of halogens is 5. The maximum Gasteiger partial charge on any atom is 0.449 e. The minimum absolute atomic E-state index is 0.267. The summed E-state index contributed by atoms with van der Waals surface area (Å²) < 4.78 is 36.3. The highest BCUT2D eigenvalue weighted by Gasteiger charge is 2.33. The standard InChI is InChI=1S/C6H3BrClF3N4/c7-2-1-13-4(3(8)14-2)15-5(12)6(9,10)11/h1H,(H2,12,13,15). The molecular formula is C6H3BrClF3N4. The lowest BCUT2D eigenvalue weighted by Crippen LogP contribution is -2.31. The van der Waals surface area contributed by atoms with Crippen LogP contribution in [-0.4, -0.2) is 22.0 Å². The lowest BCUT2D eigenvalue weighted by Gasteiger charge is -2.04. The SMILES string of the molecule is NC(=Nc1ncc(Br)nc1Cl)C(F)(F)F. The molecule has 0 radical (unpaired) electrons. The van der Waals surface area contributed by atoms with Crippen LogP contribution in [0.15, 0.2) is 15.8 Å². The van der Waals surface area contributed by atoms with Gasteiger partial charge in [0.1, 0.15) is 4.60 Å². The molecule has 1 aromatic rings. The number of hydrogen-bond donors (Lipinski definition) is 1. The molecule has 0 aromatic carbocycles. The van der Waals surface area contributed by atoms with Crippen molar-refractivity contribution in [1.29, 1.82) is 0 Å². The van der Waals surface area contributed by atoms with Crippen molar-refractivity contribution in [2.24, 2.45) is 10.7 Å². The third-order valence-electron chi connectivity index (χ3n) is 1.20. The molecule has 0 aliphatic rings. The predicted molar refractivity (Wildman–Crippen MR) is 52.1 cm³/mol. The summed E-state index contributed by atoms with van der Waals surface area (Å²) >= 11 is 8.43. The van der Waals surface area contributed by atoms with Crippen molar-refractivity contribution in [1.82, 2.24) is 9.97 Å². The topological polar surface area (TPSA) is 64.2 Å². The Balaban J connectivity index is 3.09. The molecule has 0 saturated carbocycles. The van der Waals surface area contributed by atoms with Crippen molar-refractivity contribution < 1.29 is 13.2 Å². The first-order valence-corrected chi connectivity index (χ1v) is 4.57. The molecule has 0 spiro atoms. The zero-order valence-corrected chi connectivity index (χ0v) is 9.23. The Morgan fingerprint density at radius 3 is 2.60 bits per heavy atom. The van der Waals surface area contributed by atoms with Crippen LogP contribution in [0.25, 0.3) is 0 Å². The largest absolute Gasteiger partial charge is 0.449 e. The molecule has 1 aromatic heterocycles. The molecule has 2 N–H and O–H groups in total. The summed E-state index contributed by atoms with van der Waals surface area (Å²) in [4.78, 5) is 10.1. The average Bonchev–Trinajstić information content (AvgIpc) is 2.08. The van der Waals surface area contributed by atoms with E-state index in [0.29, 0.717) is 0 Å². The van der Waals surface area contributed by atoms with E-state index in [4.69, 9.17) is 11.6 Å². The molecule has 82 valence electrons. The number of alkyl halides is 3. The average molecular weight is 303 g/mol. The molecule has 0 fully saturated rings. The van der Waals surface area contributed by atoms with Gasteiger partial charge in [0, 0.05) is 0 Å². The fraction of sp³-hybridized carbons (Fsp3) is 0.167. The van der Waals surface area contributed by atoms with E-state index in [1.807, 2.05) is 0 Å². The van der Waals surface area contributed by atoms with E-state index in [1.165, 1.54) is 0 Å². The Kier molecular flexibility index (Phi) is 3.50. The third-order valence-corrected chi connectivity index (χ3v) is 1.84. The second-order valence-electron chi connectivity index (χ2n) is 2.30. The van der Waals surface area contributed by atoms with Gasteiger partial charge in [-0.2, -0.15) is 13.2 Å². The van der Waals surface area contributed by atoms with Crippen LogP contribution in [0.2, 0.25) is 5.15 Å². The number of nitrogens with two attached hydrogens (primary N) is 1. The van der Waals surface area contributed by atoms with Crippen LogP contribution in [-0.2, 0) is 0 Å². The summed E-state index contributed by atoms with van der Waals surface area (Å²) in [5.74, 6) is -1.91. The van der Waals surface area contributed by atoms with Crippen molar-refractivity contribution in [2.75, 3.05) is 0 Å². The van der Waals surface area contributed by atoms with Gasteiger partial charge in [-0.05, 0) is 15.9 Å². The first-order valence-electron chi connectivity index (χ1n) is 3.40. The quantitative estimate of drug-likeness (QED) is 0.640. The second kappa shape index (κ2) is 4.31. The van der Waals surface area contributed by atoms with Crippen molar-refractivity contribution >= 4 is 39.2 Å². The van der Waals surface area contributed by atoms with E-state index in [1.54, 1.807) is 0 Å². The van der Waals surface area contributed by atoms with Crippen molar-refractivity contribution in [3.8, 4) is 0 Å². The fourth-order valence-electron chi connectivity index (χ4n) is 0.593. The monoisotopic (exact) mass is 302 g/mol. The lowest BCUT2D eigenvalue weighted by molar-refractivity contribution is -0.0597. The molecule has 1 rings (SSSR count). The first-order chi connectivity index (χ1) is 6.80. The summed E-state index contributed by atoms with van der Waals surface area (Å²) in [5.41, 5.74) is 4.68. The third kappa shape index (κ3) is 3.31. The van der Waals surface area contributed by atoms with Gasteiger partial charge in [0.25, 0.3) is 0 Å². The molecule has 0 unspecified atom stereocenters. The molecule has 0 bridgehead atoms. The number of hydrogen-bond acceptors (Lipinski definition) is 3. The molecule has 4 nitrogen and oxygen atoms in total. The number of aliphatic imine (C=N–C) groups is 1. The van der Waals surface area contributed by atoms with Gasteiger partial charge in [0.15, 0.2) is 11.0 Å². The van der Waals surface area contributed by atoms with Crippen LogP contribution in [0.4, 0.5) is 19.0 Å². The molecule has 0 saturated heterocycles. The summed E-state index contributed by atoms with van der Waals surface area (Å²) in [6, 6.07) is 0. The molecule has 1 heterocycles. The Hall–Kier alpha value is -0.890. The van der Waals surface area contributed by atoms with E-state index >= 15 is 0 Å². The molecule has 0 atom stereocenters. The van der Waals surface area contributed by atoms with Gasteiger partial charge >= 0.3 is 6.18 Å². The van der Waals surface area contributed by atoms with E-state index in [-0.39, 0.29) is 15.6 Å². The minimum Gasteiger partial charge on any atom is -0.380 e. The lowest BCUT2D eigenvalue weighted by atomic mass is 10.5. The van der Waals surface area contributed by atoms with Crippen molar-refractivity contribution in [3.63, 3.8) is 0 Å². The molecule has 15 heavy (non-hydrogen) atoms. The Morgan fingerprint density at radius 2 is 2.13 bits per heavy atom. The van der Waals surface area contributed by atoms with Crippen LogP contribution in [0.3, 0.4) is 0 Å². The first kappa shape index (κ1) is 12.2. The van der Waals surface area contributed by atoms with Crippen molar-refractivity contribution in [2.45, 2.75) is 6.18 Å². The molecule has 9 heteroatoms. The summed E-state index contributed by atoms with van der Waals surface area (Å²) in [6.07, 6.45) is -3.55. The maximum atomic E-state index is 12.0. The van der Waals surface area contributed by atoms with E-state index < -0.39 is 12.0 Å². The number of aromatic nitrogens is 2. The van der Waals surface area contributed by atoms with Gasteiger partial charge in [-0.3, -0.25) is 0 Å². The van der Waals surface area contributed by atoms with Crippen LogP contribution < -0.4 is 5.73 Å². The number of nitrogens with zero attached hydrogens (tertiary/aromatic N) is 3. The van der Waals surface area contributed by atoms with Gasteiger partial charge in [0.2, 0.25) is 5.84 Å². The normalized spacial score (nSPS) is 13.0. The van der Waals surface area contributed by atoms with Crippen LogP contribution in [0, 0.1) is 0 Å². The predicted octanol–water partition coefficient (Wildman–Crippen LogP) is 2.44. The van der Waals surface area contributed by atoms with Gasteiger partial charge in [-0.25, -0.2) is 15.0 Å². The zero-order valence-electron chi connectivity index (χ0n) is 6.89. The van der Waals surface area contributed by atoms with Gasteiger partial charge in [-0.15, -0.1) is 0 Å². The highest BCUT2D eigenvalue weighted by molar-refractivity contribution is 9.10. The Bertz CT molecular complexity index is 406. The number of amidine groups is 1. The Labute approximate surface area is 95.5 Å². The summed E-state index contributed by atoms with van der Waals surface area (Å²) in [5, 5.41) is -0.267. The molecule has 0 amide bonds. The van der Waals surface area contributed by atoms with Crippen molar-refractivity contribution in [3.05, 3.63) is 16.0 Å². The minimum atomic E-state index is -4.71. The van der Waals surface area contributed by atoms with E-state index in [0.717, 1.165) is 6.20 Å². The Morgan fingerprint density at radius 1 is 1.53 bits per heavy atom. The fourth-order valence-corrected chi connectivity index (χ4v) is 1.16. The highest BCUT2D eigenvalue weighted by Crippen LogP contribution is 2.24. The van der Waals surface area contributed by atoms with Crippen LogP contribution >= 0.6 is 27.5 Å². The maximum absolute atomic E-state index is 12.0. The summed E-state index contributed by atoms with van der Waals surface area (Å²) in [7, 11) is 0. The molecule has 0 aliphatic carbocycles. The highest BCUT2D eigenvalue weighted by atomic mass is 79.9. The molecule has 0 aliphatic heterocycles. The van der Waals surface area contributed by atoms with E-state index in [2.05, 4.69) is 36.6 Å². The second-order valence-corrected chi connectivity index (χ2v) is 3.47. The van der Waals surface area contributed by atoms with E-state index in [9.17, 15) is 13.2 Å².